The lowest BCUT2D eigenvalue weighted by molar-refractivity contribution is -0.136. The first-order chi connectivity index (χ1) is 10.5. The summed E-state index contributed by atoms with van der Waals surface area (Å²) in [6, 6.07) is 1.99. The summed E-state index contributed by atoms with van der Waals surface area (Å²) in [6.45, 7) is 8.49. The number of carboxylic acid groups (broad SMARTS) is 1. The minimum atomic E-state index is -0.995. The van der Waals surface area contributed by atoms with Gasteiger partial charge in [0.15, 0.2) is 0 Å². The zero-order chi connectivity index (χ0) is 17.7. The van der Waals surface area contributed by atoms with Crippen molar-refractivity contribution in [2.45, 2.75) is 64.1 Å². The Balaban J connectivity index is 2.64. The molecule has 7 heteroatoms. The van der Waals surface area contributed by atoms with Gasteiger partial charge in [0, 0.05) is 29.9 Å². The first kappa shape index (κ1) is 19.0. The predicted molar refractivity (Wildman–Crippen MR) is 86.4 cm³/mol. The number of hydrogen-bond acceptors (Lipinski definition) is 5. The maximum absolute atomic E-state index is 11.8. The van der Waals surface area contributed by atoms with Crippen molar-refractivity contribution in [2.24, 2.45) is 0 Å². The van der Waals surface area contributed by atoms with Gasteiger partial charge >= 0.3 is 5.97 Å². The van der Waals surface area contributed by atoms with Crippen LogP contribution < -0.4 is 16.0 Å². The summed E-state index contributed by atoms with van der Waals surface area (Å²) < 4.78 is 0. The average Bonchev–Trinajstić information content (AvgIpc) is 2.35. The van der Waals surface area contributed by atoms with Crippen LogP contribution in [0.15, 0.2) is 11.8 Å². The Bertz CT molecular complexity index is 516. The van der Waals surface area contributed by atoms with Crippen LogP contribution in [0.5, 0.6) is 0 Å². The van der Waals surface area contributed by atoms with E-state index in [-0.39, 0.29) is 35.7 Å². The molecule has 1 fully saturated rings. The van der Waals surface area contributed by atoms with Crippen LogP contribution in [0.2, 0.25) is 0 Å². The number of hydrogen-bond donors (Lipinski definition) is 4. The molecule has 1 aliphatic rings. The van der Waals surface area contributed by atoms with E-state index >= 15 is 0 Å². The fourth-order valence-corrected chi connectivity index (χ4v) is 3.17. The molecule has 1 rings (SSSR count). The molecule has 0 spiro atoms. The molecule has 0 aromatic rings. The van der Waals surface area contributed by atoms with Crippen LogP contribution >= 0.6 is 0 Å². The molecule has 1 heterocycles. The van der Waals surface area contributed by atoms with Crippen LogP contribution in [-0.2, 0) is 9.59 Å². The second-order valence-corrected chi connectivity index (χ2v) is 7.23. The Labute approximate surface area is 137 Å². The molecule has 0 radical (unpaired) electrons. The molecular formula is C16H26N4O3. The lowest BCUT2D eigenvalue weighted by atomic mass is 9.80. The highest BCUT2D eigenvalue weighted by Crippen LogP contribution is 2.28. The smallest absolute Gasteiger partial charge is 0.305 e. The van der Waals surface area contributed by atoms with Crippen LogP contribution in [0, 0.1) is 11.3 Å². The molecule has 1 aliphatic heterocycles. The SMILES string of the molecule is CC1(C)CC(N/C=C(/C#N)C(=O)NCCC(=O)O)CC(C)(C)N1. The number of aliphatic carboxylic acids is 1. The van der Waals surface area contributed by atoms with Gasteiger partial charge < -0.3 is 21.1 Å². The number of carbonyl (C=O) groups is 2. The van der Waals surface area contributed by atoms with Crippen molar-refractivity contribution >= 4 is 11.9 Å². The lowest BCUT2D eigenvalue weighted by Crippen LogP contribution is -2.61. The fourth-order valence-electron chi connectivity index (χ4n) is 3.17. The minimum Gasteiger partial charge on any atom is -0.481 e. The van der Waals surface area contributed by atoms with Gasteiger partial charge in [0.25, 0.3) is 5.91 Å². The topological polar surface area (TPSA) is 114 Å². The van der Waals surface area contributed by atoms with Crippen molar-refractivity contribution in [3.63, 3.8) is 0 Å². The fraction of sp³-hybridized carbons (Fsp3) is 0.688. The van der Waals surface area contributed by atoms with Gasteiger partial charge in [-0.1, -0.05) is 0 Å². The number of carbonyl (C=O) groups excluding carboxylic acids is 1. The molecule has 1 amide bonds. The molecule has 1 saturated heterocycles. The maximum atomic E-state index is 11.8. The van der Waals surface area contributed by atoms with E-state index in [1.165, 1.54) is 6.20 Å². The van der Waals surface area contributed by atoms with Gasteiger partial charge in [0.1, 0.15) is 11.6 Å². The zero-order valence-corrected chi connectivity index (χ0v) is 14.2. The van der Waals surface area contributed by atoms with E-state index in [0.717, 1.165) is 12.8 Å². The first-order valence-corrected chi connectivity index (χ1v) is 7.70. The highest BCUT2D eigenvalue weighted by molar-refractivity contribution is 5.97. The molecule has 0 saturated carbocycles. The van der Waals surface area contributed by atoms with Crippen molar-refractivity contribution in [2.75, 3.05) is 6.54 Å². The lowest BCUT2D eigenvalue weighted by Gasteiger charge is -2.46. The summed E-state index contributed by atoms with van der Waals surface area (Å²) >= 11 is 0. The Morgan fingerprint density at radius 2 is 1.87 bits per heavy atom. The number of nitriles is 1. The Hall–Kier alpha value is -2.07. The van der Waals surface area contributed by atoms with Gasteiger partial charge in [-0.25, -0.2) is 0 Å². The normalized spacial score (nSPS) is 20.4. The molecule has 0 atom stereocenters. The number of nitrogens with zero attached hydrogens (tertiary/aromatic N) is 1. The summed E-state index contributed by atoms with van der Waals surface area (Å²) in [6.07, 6.45) is 2.99. The van der Waals surface area contributed by atoms with Crippen LogP contribution in [0.25, 0.3) is 0 Å². The molecule has 128 valence electrons. The van der Waals surface area contributed by atoms with Crippen molar-refractivity contribution in [3.8, 4) is 6.07 Å². The van der Waals surface area contributed by atoms with Gasteiger partial charge in [0.2, 0.25) is 0 Å². The Kier molecular flexibility index (Phi) is 6.16. The number of piperidine rings is 1. The van der Waals surface area contributed by atoms with Crippen molar-refractivity contribution < 1.29 is 14.7 Å². The summed E-state index contributed by atoms with van der Waals surface area (Å²) in [7, 11) is 0. The second-order valence-electron chi connectivity index (χ2n) is 7.23. The van der Waals surface area contributed by atoms with Gasteiger partial charge in [0.05, 0.1) is 6.42 Å². The van der Waals surface area contributed by atoms with E-state index in [2.05, 4.69) is 43.6 Å². The van der Waals surface area contributed by atoms with Crippen LogP contribution in [0.4, 0.5) is 0 Å². The number of rotatable bonds is 6. The van der Waals surface area contributed by atoms with E-state index in [1.807, 2.05) is 6.07 Å². The van der Waals surface area contributed by atoms with Gasteiger partial charge in [-0.2, -0.15) is 5.26 Å². The third kappa shape index (κ3) is 6.70. The quantitative estimate of drug-likeness (QED) is 0.426. The largest absolute Gasteiger partial charge is 0.481 e. The molecule has 0 aromatic heterocycles. The summed E-state index contributed by atoms with van der Waals surface area (Å²) in [4.78, 5) is 22.3. The standard InChI is InChI=1S/C16H26N4O3/c1-15(2)7-12(8-16(3,4)20-15)19-10-11(9-17)14(23)18-6-5-13(21)22/h10,12,19-20H,5-8H2,1-4H3,(H,18,23)(H,21,22)/b11-10-. The highest BCUT2D eigenvalue weighted by atomic mass is 16.4. The van der Waals surface area contributed by atoms with Crippen molar-refractivity contribution in [1.29, 1.82) is 5.26 Å². The number of amides is 1. The minimum absolute atomic E-state index is 0.000593. The highest BCUT2D eigenvalue weighted by Gasteiger charge is 2.37. The van der Waals surface area contributed by atoms with E-state index < -0.39 is 11.9 Å². The summed E-state index contributed by atoms with van der Waals surface area (Å²) in [5.41, 5.74) is -0.127. The maximum Gasteiger partial charge on any atom is 0.305 e. The Morgan fingerprint density at radius 3 is 2.35 bits per heavy atom. The molecule has 7 nitrogen and oxygen atoms in total. The first-order valence-electron chi connectivity index (χ1n) is 7.70. The molecular weight excluding hydrogens is 296 g/mol. The molecule has 4 N–H and O–H groups in total. The van der Waals surface area contributed by atoms with Crippen LogP contribution in [0.1, 0.15) is 47.0 Å². The van der Waals surface area contributed by atoms with E-state index in [9.17, 15) is 9.59 Å². The predicted octanol–water partition coefficient (Wildman–Crippen LogP) is 0.884. The van der Waals surface area contributed by atoms with Gasteiger partial charge in [-0.15, -0.1) is 0 Å². The third-order valence-corrected chi connectivity index (χ3v) is 3.64. The van der Waals surface area contributed by atoms with Crippen molar-refractivity contribution in [1.82, 2.24) is 16.0 Å². The molecule has 23 heavy (non-hydrogen) atoms. The average molecular weight is 322 g/mol. The summed E-state index contributed by atoms with van der Waals surface area (Å²) in [5.74, 6) is -1.56. The molecule has 0 bridgehead atoms. The number of carboxylic acids is 1. The molecule has 0 unspecified atom stereocenters. The monoisotopic (exact) mass is 322 g/mol. The van der Waals surface area contributed by atoms with Gasteiger partial charge in [-0.3, -0.25) is 9.59 Å². The Morgan fingerprint density at radius 1 is 1.30 bits per heavy atom. The van der Waals surface area contributed by atoms with E-state index in [1.54, 1.807) is 0 Å². The van der Waals surface area contributed by atoms with E-state index in [0.29, 0.717) is 0 Å². The van der Waals surface area contributed by atoms with Gasteiger partial charge in [-0.05, 0) is 40.5 Å². The van der Waals surface area contributed by atoms with Crippen LogP contribution in [-0.4, -0.2) is 40.6 Å². The molecule has 0 aliphatic carbocycles. The second kappa shape index (κ2) is 7.47. The number of nitrogens with one attached hydrogen (secondary N) is 3. The van der Waals surface area contributed by atoms with E-state index in [4.69, 9.17) is 10.4 Å². The zero-order valence-electron chi connectivity index (χ0n) is 14.2. The van der Waals surface area contributed by atoms with Crippen LogP contribution in [0.3, 0.4) is 0 Å². The van der Waals surface area contributed by atoms with Crippen molar-refractivity contribution in [3.05, 3.63) is 11.8 Å². The molecule has 0 aromatic carbocycles. The summed E-state index contributed by atoms with van der Waals surface area (Å²) in [5, 5.41) is 26.8. The third-order valence-electron chi connectivity index (χ3n) is 3.64.